The van der Waals surface area contributed by atoms with Gasteiger partial charge < -0.3 is 9.64 Å². The van der Waals surface area contributed by atoms with Crippen molar-refractivity contribution in [2.24, 2.45) is 0 Å². The van der Waals surface area contributed by atoms with E-state index < -0.39 is 10.0 Å². The Kier molecular flexibility index (Phi) is 4.43. The van der Waals surface area contributed by atoms with Gasteiger partial charge in [0.2, 0.25) is 10.0 Å². The van der Waals surface area contributed by atoms with E-state index in [4.69, 9.17) is 4.74 Å². The topological polar surface area (TPSA) is 75.7 Å². The lowest BCUT2D eigenvalue weighted by atomic mass is 10.4. The molecule has 0 atom stereocenters. The summed E-state index contributed by atoms with van der Waals surface area (Å²) >= 11 is 1.27. The van der Waals surface area contributed by atoms with Gasteiger partial charge in [0.05, 0.1) is 6.54 Å². The maximum Gasteiger partial charge on any atom is 0.409 e. The van der Waals surface area contributed by atoms with Crippen molar-refractivity contribution in [3.63, 3.8) is 0 Å². The van der Waals surface area contributed by atoms with Gasteiger partial charge in [0, 0.05) is 18.0 Å². The molecule has 1 aliphatic heterocycles. The summed E-state index contributed by atoms with van der Waals surface area (Å²) in [6.07, 6.45) is 0.434. The molecule has 106 valence electrons. The molecule has 8 heteroatoms. The summed E-state index contributed by atoms with van der Waals surface area (Å²) in [5.41, 5.74) is 0. The van der Waals surface area contributed by atoms with Gasteiger partial charge in [0.1, 0.15) is 10.8 Å². The van der Waals surface area contributed by atoms with Crippen molar-refractivity contribution in [3.05, 3.63) is 17.0 Å². The summed E-state index contributed by atoms with van der Waals surface area (Å²) in [4.78, 5) is 13.7. The highest BCUT2D eigenvalue weighted by atomic mass is 32.2. The van der Waals surface area contributed by atoms with Gasteiger partial charge in [-0.1, -0.05) is 6.92 Å². The zero-order valence-corrected chi connectivity index (χ0v) is 12.2. The standard InChI is InChI=1S/C11H16N2O4S2/c1-2-9-3-4-10(18-9)19(15,16)12-5-6-13-7-8-17-11(13)14/h3-4,12H,2,5-8H2,1H3. The van der Waals surface area contributed by atoms with Crippen LogP contribution < -0.4 is 4.72 Å². The normalized spacial score (nSPS) is 15.8. The van der Waals surface area contributed by atoms with Crippen LogP contribution in [-0.4, -0.2) is 45.7 Å². The molecule has 0 radical (unpaired) electrons. The van der Waals surface area contributed by atoms with Crippen molar-refractivity contribution >= 4 is 27.5 Å². The molecule has 1 aromatic rings. The molecule has 0 spiro atoms. The molecule has 19 heavy (non-hydrogen) atoms. The molecule has 1 fully saturated rings. The van der Waals surface area contributed by atoms with Gasteiger partial charge in [-0.2, -0.15) is 0 Å². The van der Waals surface area contributed by atoms with Crippen molar-refractivity contribution in [3.8, 4) is 0 Å². The van der Waals surface area contributed by atoms with E-state index in [0.717, 1.165) is 11.3 Å². The average Bonchev–Trinajstić information content (AvgIpc) is 2.99. The predicted octanol–water partition coefficient (Wildman–Crippen LogP) is 1.04. The molecule has 1 saturated heterocycles. The van der Waals surface area contributed by atoms with Gasteiger partial charge in [-0.3, -0.25) is 0 Å². The minimum Gasteiger partial charge on any atom is -0.448 e. The first kappa shape index (κ1) is 14.3. The number of amides is 1. The number of ether oxygens (including phenoxy) is 1. The van der Waals surface area contributed by atoms with Crippen molar-refractivity contribution < 1.29 is 17.9 Å². The van der Waals surface area contributed by atoms with E-state index in [0.29, 0.717) is 23.9 Å². The van der Waals surface area contributed by atoms with Crippen LogP contribution in [0.3, 0.4) is 0 Å². The number of rotatable bonds is 6. The molecular formula is C11H16N2O4S2. The maximum absolute atomic E-state index is 12.0. The first-order valence-electron chi connectivity index (χ1n) is 6.03. The van der Waals surface area contributed by atoms with Crippen LogP contribution in [0.2, 0.25) is 0 Å². The molecular weight excluding hydrogens is 288 g/mol. The van der Waals surface area contributed by atoms with Crippen LogP contribution in [-0.2, 0) is 21.2 Å². The zero-order valence-electron chi connectivity index (χ0n) is 10.6. The van der Waals surface area contributed by atoms with Crippen LogP contribution in [0.4, 0.5) is 4.79 Å². The Labute approximate surface area is 116 Å². The van der Waals surface area contributed by atoms with Gasteiger partial charge in [-0.05, 0) is 18.6 Å². The fourth-order valence-electron chi connectivity index (χ4n) is 1.71. The Morgan fingerprint density at radius 3 is 2.84 bits per heavy atom. The molecule has 1 aliphatic rings. The number of carbonyl (C=O) groups is 1. The molecule has 1 N–H and O–H groups in total. The van der Waals surface area contributed by atoms with E-state index in [2.05, 4.69) is 4.72 Å². The average molecular weight is 304 g/mol. The molecule has 0 bridgehead atoms. The van der Waals surface area contributed by atoms with Crippen molar-refractivity contribution in [1.29, 1.82) is 0 Å². The van der Waals surface area contributed by atoms with Gasteiger partial charge >= 0.3 is 6.09 Å². The fraction of sp³-hybridized carbons (Fsp3) is 0.545. The molecule has 0 aromatic carbocycles. The summed E-state index contributed by atoms with van der Waals surface area (Å²) in [5.74, 6) is 0. The van der Waals surface area contributed by atoms with E-state index in [1.54, 1.807) is 6.07 Å². The molecule has 0 saturated carbocycles. The summed E-state index contributed by atoms with van der Waals surface area (Å²) in [6, 6.07) is 3.42. The quantitative estimate of drug-likeness (QED) is 0.852. The summed E-state index contributed by atoms with van der Waals surface area (Å²) < 4.78 is 31.5. The Bertz CT molecular complexity index is 553. The van der Waals surface area contributed by atoms with E-state index in [9.17, 15) is 13.2 Å². The first-order chi connectivity index (χ1) is 9.03. The Morgan fingerprint density at radius 2 is 2.26 bits per heavy atom. The first-order valence-corrected chi connectivity index (χ1v) is 8.33. The summed E-state index contributed by atoms with van der Waals surface area (Å²) in [5, 5.41) is 0. The van der Waals surface area contributed by atoms with Gasteiger partial charge in [0.25, 0.3) is 0 Å². The highest BCUT2D eigenvalue weighted by Crippen LogP contribution is 2.21. The highest BCUT2D eigenvalue weighted by molar-refractivity contribution is 7.91. The Balaban J connectivity index is 1.89. The molecule has 1 aromatic heterocycles. The minimum atomic E-state index is -3.47. The highest BCUT2D eigenvalue weighted by Gasteiger charge is 2.22. The number of nitrogens with zero attached hydrogens (tertiary/aromatic N) is 1. The lowest BCUT2D eigenvalue weighted by Gasteiger charge is -2.12. The molecule has 2 heterocycles. The smallest absolute Gasteiger partial charge is 0.409 e. The third-order valence-electron chi connectivity index (χ3n) is 2.77. The molecule has 1 amide bonds. The second-order valence-corrected chi connectivity index (χ2v) is 7.24. The van der Waals surface area contributed by atoms with Crippen molar-refractivity contribution in [2.45, 2.75) is 17.6 Å². The second kappa shape index (κ2) is 5.89. The van der Waals surface area contributed by atoms with Gasteiger partial charge in [-0.25, -0.2) is 17.9 Å². The SMILES string of the molecule is CCc1ccc(S(=O)(=O)NCCN2CCOC2=O)s1. The second-order valence-electron chi connectivity index (χ2n) is 4.07. The number of hydrogen-bond acceptors (Lipinski definition) is 5. The molecule has 2 rings (SSSR count). The molecule has 0 aliphatic carbocycles. The number of cyclic esters (lactones) is 1. The van der Waals surface area contributed by atoms with Crippen LogP contribution in [0.5, 0.6) is 0 Å². The van der Waals surface area contributed by atoms with Crippen LogP contribution >= 0.6 is 11.3 Å². The van der Waals surface area contributed by atoms with Crippen molar-refractivity contribution in [1.82, 2.24) is 9.62 Å². The molecule has 0 unspecified atom stereocenters. The number of sulfonamides is 1. The Morgan fingerprint density at radius 1 is 1.47 bits per heavy atom. The number of nitrogens with one attached hydrogen (secondary N) is 1. The lowest BCUT2D eigenvalue weighted by molar-refractivity contribution is 0.159. The number of hydrogen-bond donors (Lipinski definition) is 1. The third kappa shape index (κ3) is 3.46. The van der Waals surface area contributed by atoms with E-state index in [-0.39, 0.29) is 12.6 Å². The van der Waals surface area contributed by atoms with E-state index >= 15 is 0 Å². The van der Waals surface area contributed by atoms with Crippen LogP contribution in [0.25, 0.3) is 0 Å². The minimum absolute atomic E-state index is 0.191. The largest absolute Gasteiger partial charge is 0.448 e. The Hall–Kier alpha value is -1.12. The number of aryl methyl sites for hydroxylation is 1. The lowest BCUT2D eigenvalue weighted by Crippen LogP contribution is -2.35. The fourth-order valence-corrected chi connectivity index (χ4v) is 4.07. The van der Waals surface area contributed by atoms with Gasteiger partial charge in [-0.15, -0.1) is 11.3 Å². The third-order valence-corrected chi connectivity index (χ3v) is 5.95. The van der Waals surface area contributed by atoms with E-state index in [1.807, 2.05) is 13.0 Å². The summed E-state index contributed by atoms with van der Waals surface area (Å²) in [7, 11) is -3.47. The monoisotopic (exact) mass is 304 g/mol. The summed E-state index contributed by atoms with van der Waals surface area (Å²) in [6.45, 7) is 3.38. The number of carbonyl (C=O) groups excluding carboxylic acids is 1. The van der Waals surface area contributed by atoms with Crippen LogP contribution in [0, 0.1) is 0 Å². The zero-order chi connectivity index (χ0) is 13.9. The maximum atomic E-state index is 12.0. The number of thiophene rings is 1. The van der Waals surface area contributed by atoms with Crippen molar-refractivity contribution in [2.75, 3.05) is 26.2 Å². The molecule has 6 nitrogen and oxygen atoms in total. The van der Waals surface area contributed by atoms with Gasteiger partial charge in [0.15, 0.2) is 0 Å². The van der Waals surface area contributed by atoms with E-state index in [1.165, 1.54) is 16.2 Å². The van der Waals surface area contributed by atoms with Crippen LogP contribution in [0.1, 0.15) is 11.8 Å². The predicted molar refractivity (Wildman–Crippen MR) is 71.8 cm³/mol. The van der Waals surface area contributed by atoms with Crippen LogP contribution in [0.15, 0.2) is 16.3 Å².